The van der Waals surface area contributed by atoms with Crippen molar-refractivity contribution >= 4 is 5.97 Å². The van der Waals surface area contributed by atoms with E-state index in [1.807, 2.05) is 19.1 Å². The average Bonchev–Trinajstić information content (AvgIpc) is 2.91. The van der Waals surface area contributed by atoms with Crippen molar-refractivity contribution in [3.8, 4) is 11.5 Å². The first kappa shape index (κ1) is 18.2. The molecular weight excluding hydrogens is 346 g/mol. The molecule has 27 heavy (non-hydrogen) atoms. The molecule has 0 bridgehead atoms. The lowest BCUT2D eigenvalue weighted by Crippen LogP contribution is -2.43. The van der Waals surface area contributed by atoms with Gasteiger partial charge in [0.05, 0.1) is 25.6 Å². The molecule has 146 valence electrons. The van der Waals surface area contributed by atoms with Gasteiger partial charge >= 0.3 is 5.97 Å². The third-order valence-corrected chi connectivity index (χ3v) is 6.06. The van der Waals surface area contributed by atoms with Crippen molar-refractivity contribution in [1.29, 1.82) is 0 Å². The first-order valence-corrected chi connectivity index (χ1v) is 9.74. The Hall–Kier alpha value is -2.21. The van der Waals surface area contributed by atoms with Gasteiger partial charge in [-0.1, -0.05) is 6.07 Å². The summed E-state index contributed by atoms with van der Waals surface area (Å²) in [5.74, 6) is 1.74. The van der Waals surface area contributed by atoms with Gasteiger partial charge in [-0.15, -0.1) is 0 Å². The molecule has 3 aliphatic rings. The quantitative estimate of drug-likeness (QED) is 0.800. The molecule has 0 fully saturated rings. The van der Waals surface area contributed by atoms with Crippen LogP contribution < -0.4 is 9.47 Å². The largest absolute Gasteiger partial charge is 0.512 e. The Morgan fingerprint density at radius 3 is 3.07 bits per heavy atom. The number of carbonyl (C=O) groups is 1. The highest BCUT2D eigenvalue weighted by atomic mass is 16.5. The number of hydrogen-bond donors (Lipinski definition) is 1. The van der Waals surface area contributed by atoms with Crippen molar-refractivity contribution in [3.05, 3.63) is 35.1 Å². The highest BCUT2D eigenvalue weighted by Crippen LogP contribution is 2.57. The minimum Gasteiger partial charge on any atom is -0.512 e. The number of carbonyl (C=O) groups excluding carboxylic acids is 1. The van der Waals surface area contributed by atoms with Gasteiger partial charge in [-0.2, -0.15) is 0 Å². The SMILES string of the molecule is CCOC(=O)CCN1CC[C@@]23C(O)=CCCC2Oc2c(OC)ccc(c23)C1. The van der Waals surface area contributed by atoms with E-state index in [1.165, 1.54) is 0 Å². The zero-order chi connectivity index (χ0) is 19.0. The number of aliphatic hydroxyl groups excluding tert-OH is 1. The summed E-state index contributed by atoms with van der Waals surface area (Å²) in [5, 5.41) is 10.9. The van der Waals surface area contributed by atoms with Crippen LogP contribution in [0.1, 0.15) is 43.7 Å². The zero-order valence-corrected chi connectivity index (χ0v) is 16.0. The van der Waals surface area contributed by atoms with Gasteiger partial charge in [0.1, 0.15) is 11.9 Å². The molecule has 1 aromatic carbocycles. The van der Waals surface area contributed by atoms with Crippen LogP contribution in [0.5, 0.6) is 11.5 Å². The van der Waals surface area contributed by atoms with E-state index >= 15 is 0 Å². The summed E-state index contributed by atoms with van der Waals surface area (Å²) in [5.41, 5.74) is 1.70. The van der Waals surface area contributed by atoms with Crippen LogP contribution in [-0.2, 0) is 21.5 Å². The molecule has 6 nitrogen and oxygen atoms in total. The second kappa shape index (κ2) is 7.08. The van der Waals surface area contributed by atoms with Gasteiger partial charge in [0, 0.05) is 18.7 Å². The number of rotatable bonds is 5. The van der Waals surface area contributed by atoms with Crippen LogP contribution in [0.3, 0.4) is 0 Å². The Morgan fingerprint density at radius 1 is 1.44 bits per heavy atom. The van der Waals surface area contributed by atoms with E-state index in [0.717, 1.165) is 55.0 Å². The van der Waals surface area contributed by atoms with Crippen molar-refractivity contribution in [1.82, 2.24) is 4.90 Å². The molecule has 2 heterocycles. The van der Waals surface area contributed by atoms with Gasteiger partial charge in [0.2, 0.25) is 0 Å². The summed E-state index contributed by atoms with van der Waals surface area (Å²) < 4.78 is 16.9. The molecular formula is C21H27NO5. The smallest absolute Gasteiger partial charge is 0.307 e. The van der Waals surface area contributed by atoms with Crippen molar-refractivity contribution in [2.75, 3.05) is 26.8 Å². The second-order valence-corrected chi connectivity index (χ2v) is 7.46. The molecule has 0 amide bonds. The second-order valence-electron chi connectivity index (χ2n) is 7.46. The summed E-state index contributed by atoms with van der Waals surface area (Å²) in [6, 6.07) is 4.00. The van der Waals surface area contributed by atoms with E-state index in [9.17, 15) is 9.90 Å². The number of hydrogen-bond acceptors (Lipinski definition) is 6. The highest BCUT2D eigenvalue weighted by Gasteiger charge is 2.56. The Morgan fingerprint density at radius 2 is 2.30 bits per heavy atom. The van der Waals surface area contributed by atoms with E-state index in [0.29, 0.717) is 25.3 Å². The van der Waals surface area contributed by atoms with E-state index < -0.39 is 5.41 Å². The number of aliphatic hydroxyl groups is 1. The van der Waals surface area contributed by atoms with Crippen LogP contribution in [0.2, 0.25) is 0 Å². The molecule has 0 saturated carbocycles. The molecule has 0 aromatic heterocycles. The maximum absolute atomic E-state index is 11.8. The summed E-state index contributed by atoms with van der Waals surface area (Å²) in [6.07, 6.45) is 4.70. The number of methoxy groups -OCH3 is 1. The van der Waals surface area contributed by atoms with E-state index in [4.69, 9.17) is 14.2 Å². The molecule has 1 aromatic rings. The standard InChI is InChI=1S/C21H27NO5/c1-3-26-18(24)9-11-22-12-10-21-16(23)5-4-6-17(21)27-20-15(25-2)8-7-14(13-22)19(20)21/h5,7-8,17,23H,3-4,6,9-13H2,1-2H3/t17?,21-/m1/s1. The number of ether oxygens (including phenoxy) is 3. The lowest BCUT2D eigenvalue weighted by atomic mass is 9.68. The van der Waals surface area contributed by atoms with E-state index in [2.05, 4.69) is 11.0 Å². The van der Waals surface area contributed by atoms with Gasteiger partial charge in [-0.05, 0) is 50.4 Å². The molecule has 2 atom stereocenters. The third kappa shape index (κ3) is 2.87. The molecule has 1 aliphatic carbocycles. The topological polar surface area (TPSA) is 68.2 Å². The van der Waals surface area contributed by atoms with Crippen molar-refractivity contribution in [2.24, 2.45) is 0 Å². The molecule has 0 saturated heterocycles. The number of nitrogens with zero attached hydrogens (tertiary/aromatic N) is 1. The highest BCUT2D eigenvalue weighted by molar-refractivity contribution is 5.69. The number of allylic oxidation sites excluding steroid dienone is 1. The van der Waals surface area contributed by atoms with Crippen molar-refractivity contribution in [2.45, 2.75) is 50.7 Å². The van der Waals surface area contributed by atoms with Crippen molar-refractivity contribution < 1.29 is 24.1 Å². The van der Waals surface area contributed by atoms with Crippen molar-refractivity contribution in [3.63, 3.8) is 0 Å². The summed E-state index contributed by atoms with van der Waals surface area (Å²) in [6.45, 7) is 4.38. The normalized spacial score (nSPS) is 26.3. The Bertz CT molecular complexity index is 774. The Labute approximate surface area is 159 Å². The molecule has 6 heteroatoms. The van der Waals surface area contributed by atoms with Gasteiger partial charge in [-0.25, -0.2) is 0 Å². The van der Waals surface area contributed by atoms with E-state index in [1.54, 1.807) is 7.11 Å². The minimum atomic E-state index is -0.504. The summed E-state index contributed by atoms with van der Waals surface area (Å²) in [4.78, 5) is 14.0. The predicted molar refractivity (Wildman–Crippen MR) is 100 cm³/mol. The fourth-order valence-corrected chi connectivity index (χ4v) is 4.80. The predicted octanol–water partition coefficient (Wildman–Crippen LogP) is 3.09. The van der Waals surface area contributed by atoms with Crippen LogP contribution in [0.25, 0.3) is 0 Å². The number of benzene rings is 1. The maximum atomic E-state index is 11.8. The third-order valence-electron chi connectivity index (χ3n) is 6.06. The van der Waals surface area contributed by atoms with Crippen LogP contribution in [0.15, 0.2) is 24.0 Å². The Balaban J connectivity index is 1.69. The van der Waals surface area contributed by atoms with Crippen LogP contribution >= 0.6 is 0 Å². The molecule has 1 N–H and O–H groups in total. The molecule has 2 aliphatic heterocycles. The van der Waals surface area contributed by atoms with Crippen LogP contribution in [-0.4, -0.2) is 48.9 Å². The zero-order valence-electron chi connectivity index (χ0n) is 16.0. The lowest BCUT2D eigenvalue weighted by Gasteiger charge is -2.36. The first-order chi connectivity index (χ1) is 13.1. The molecule has 1 spiro atoms. The number of esters is 1. The fourth-order valence-electron chi connectivity index (χ4n) is 4.80. The summed E-state index contributed by atoms with van der Waals surface area (Å²) >= 11 is 0. The van der Waals surface area contributed by atoms with Gasteiger partial charge < -0.3 is 19.3 Å². The van der Waals surface area contributed by atoms with Gasteiger partial charge in [-0.3, -0.25) is 9.69 Å². The molecule has 4 rings (SSSR count). The first-order valence-electron chi connectivity index (χ1n) is 9.74. The van der Waals surface area contributed by atoms with Crippen LogP contribution in [0, 0.1) is 0 Å². The average molecular weight is 373 g/mol. The maximum Gasteiger partial charge on any atom is 0.307 e. The molecule has 1 unspecified atom stereocenters. The fraction of sp³-hybridized carbons (Fsp3) is 0.571. The van der Waals surface area contributed by atoms with Gasteiger partial charge in [0.25, 0.3) is 0 Å². The minimum absolute atomic E-state index is 0.0717. The summed E-state index contributed by atoms with van der Waals surface area (Å²) in [7, 11) is 1.65. The van der Waals surface area contributed by atoms with Crippen LogP contribution in [0.4, 0.5) is 0 Å². The monoisotopic (exact) mass is 373 g/mol. The Kier molecular flexibility index (Phi) is 4.76. The van der Waals surface area contributed by atoms with Gasteiger partial charge in [0.15, 0.2) is 11.5 Å². The lowest BCUT2D eigenvalue weighted by molar-refractivity contribution is -0.143. The van der Waals surface area contributed by atoms with E-state index in [-0.39, 0.29) is 12.1 Å². The molecule has 0 radical (unpaired) electrons.